The van der Waals surface area contributed by atoms with Crippen LogP contribution in [0.3, 0.4) is 0 Å². The van der Waals surface area contributed by atoms with E-state index in [0.29, 0.717) is 0 Å². The SMILES string of the molecule is CC[NH+]=c1ccc2c(C)cc(/C=C3\Sc4ccccc4N3C)oc-2c1.[O-][Cl+3]([O-])([O-])[O-]. The second-order valence-electron chi connectivity index (χ2n) is 6.56. The third kappa shape index (κ3) is 5.63. The molecular weight excluding hydrogens is 428 g/mol. The molecule has 0 atom stereocenters. The van der Waals surface area contributed by atoms with Gasteiger partial charge in [0.2, 0.25) is 5.36 Å². The van der Waals surface area contributed by atoms with Gasteiger partial charge >= 0.3 is 0 Å². The molecule has 0 radical (unpaired) electrons. The minimum Gasteiger partial charge on any atom is -0.456 e. The van der Waals surface area contributed by atoms with Gasteiger partial charge < -0.3 is 9.32 Å². The van der Waals surface area contributed by atoms with E-state index in [2.05, 4.69) is 85.4 Å². The largest absolute Gasteiger partial charge is 0.456 e. The van der Waals surface area contributed by atoms with Gasteiger partial charge in [-0.1, -0.05) is 23.9 Å². The summed E-state index contributed by atoms with van der Waals surface area (Å²) in [5.74, 6) is 1.79. The standard InChI is InChI=1S/C21H20N2OS.ClHO4/c1-4-22-15-9-10-17-14(2)11-16(24-19(17)12-15)13-21-23(3)18-7-5-6-8-20(18)25-21;2-1(3,4)5/h5-13H,4H2,1-3H3;(H,2,3,4,5)/b21-13-,22-15?;. The number of hydrogen-bond acceptors (Lipinski definition) is 7. The molecule has 3 aliphatic rings. The number of anilines is 1. The zero-order chi connectivity index (χ0) is 21.9. The van der Waals surface area contributed by atoms with Crippen molar-refractivity contribution in [1.29, 1.82) is 0 Å². The third-order valence-corrected chi connectivity index (χ3v) is 5.58. The summed E-state index contributed by atoms with van der Waals surface area (Å²) in [5, 5.41) is 2.26. The maximum atomic E-state index is 8.49. The number of hydrogen-bond donors (Lipinski definition) is 1. The van der Waals surface area contributed by atoms with Crippen LogP contribution in [-0.4, -0.2) is 13.6 Å². The molecule has 9 heteroatoms. The van der Waals surface area contributed by atoms with Crippen molar-refractivity contribution in [3.63, 3.8) is 0 Å². The lowest BCUT2D eigenvalue weighted by Crippen LogP contribution is -2.75. The number of nitrogens with zero attached hydrogens (tertiary/aromatic N) is 1. The first-order valence-corrected chi connectivity index (χ1v) is 11.2. The van der Waals surface area contributed by atoms with Crippen molar-refractivity contribution in [2.24, 2.45) is 0 Å². The predicted octanol–water partition coefficient (Wildman–Crippen LogP) is -1.52. The highest BCUT2D eigenvalue weighted by Crippen LogP contribution is 2.45. The van der Waals surface area contributed by atoms with Crippen molar-refractivity contribution in [3.05, 3.63) is 70.2 Å². The van der Waals surface area contributed by atoms with Crippen LogP contribution in [0.1, 0.15) is 18.2 Å². The first-order valence-electron chi connectivity index (χ1n) is 9.11. The van der Waals surface area contributed by atoms with Crippen LogP contribution in [0.25, 0.3) is 17.4 Å². The van der Waals surface area contributed by atoms with Gasteiger partial charge in [-0.2, -0.15) is 0 Å². The van der Waals surface area contributed by atoms with Crippen molar-refractivity contribution in [2.75, 3.05) is 18.5 Å². The topological polar surface area (TPSA) is 123 Å². The Labute approximate surface area is 180 Å². The van der Waals surface area contributed by atoms with E-state index in [1.54, 1.807) is 11.8 Å². The molecule has 0 bridgehead atoms. The average Bonchev–Trinajstić information content (AvgIpc) is 2.96. The number of rotatable bonds is 2. The second kappa shape index (κ2) is 9.22. The molecule has 0 amide bonds. The average molecular weight is 449 g/mol. The normalized spacial score (nSPS) is 15.4. The van der Waals surface area contributed by atoms with Gasteiger partial charge in [0.25, 0.3) is 0 Å². The van der Waals surface area contributed by atoms with Gasteiger partial charge in [-0.25, -0.2) is 23.6 Å². The van der Waals surface area contributed by atoms with Crippen molar-refractivity contribution in [3.8, 4) is 11.3 Å². The number of halogens is 1. The summed E-state index contributed by atoms with van der Waals surface area (Å²) >= 11 is 1.78. The molecule has 2 heterocycles. The van der Waals surface area contributed by atoms with Crippen LogP contribution < -0.4 is 33.9 Å². The van der Waals surface area contributed by atoms with Gasteiger partial charge in [-0.3, -0.25) is 0 Å². The van der Waals surface area contributed by atoms with E-state index in [-0.39, 0.29) is 0 Å². The fourth-order valence-electron chi connectivity index (χ4n) is 3.13. The summed E-state index contributed by atoms with van der Waals surface area (Å²) in [6.07, 6.45) is 2.12. The molecule has 1 aliphatic carbocycles. The van der Waals surface area contributed by atoms with Crippen molar-refractivity contribution < 1.29 is 38.3 Å². The number of para-hydroxylation sites is 1. The highest BCUT2D eigenvalue weighted by molar-refractivity contribution is 8.03. The molecule has 0 aromatic heterocycles. The minimum absolute atomic E-state index is 0.876. The molecule has 1 aromatic carbocycles. The first kappa shape index (κ1) is 22.4. The van der Waals surface area contributed by atoms with Crippen LogP contribution in [0.2, 0.25) is 0 Å². The van der Waals surface area contributed by atoms with Gasteiger partial charge in [0.05, 0.1) is 16.8 Å². The fraction of sp³-hybridized carbons (Fsp3) is 0.190. The minimum atomic E-state index is -4.94. The number of thioether (sulfide) groups is 1. The van der Waals surface area contributed by atoms with Crippen LogP contribution >= 0.6 is 11.8 Å². The second-order valence-corrected chi connectivity index (χ2v) is 8.38. The van der Waals surface area contributed by atoms with Gasteiger partial charge in [0.15, 0.2) is 0 Å². The van der Waals surface area contributed by atoms with E-state index < -0.39 is 10.2 Å². The van der Waals surface area contributed by atoms with E-state index in [0.717, 1.165) is 29.0 Å². The van der Waals surface area contributed by atoms with Crippen molar-refractivity contribution in [2.45, 2.75) is 18.7 Å². The van der Waals surface area contributed by atoms with Gasteiger partial charge in [0.1, 0.15) is 18.1 Å². The van der Waals surface area contributed by atoms with Crippen molar-refractivity contribution in [1.82, 2.24) is 0 Å². The molecule has 4 rings (SSSR count). The Hall–Kier alpha value is -2.33. The van der Waals surface area contributed by atoms with Crippen LogP contribution in [0.4, 0.5) is 5.69 Å². The molecule has 7 nitrogen and oxygen atoms in total. The summed E-state index contributed by atoms with van der Waals surface area (Å²) < 4.78 is 40.2. The molecule has 0 saturated heterocycles. The fourth-order valence-corrected chi connectivity index (χ4v) is 4.23. The highest BCUT2D eigenvalue weighted by atomic mass is 35.7. The molecule has 0 saturated carbocycles. The van der Waals surface area contributed by atoms with E-state index in [4.69, 9.17) is 23.1 Å². The Morgan fingerprint density at radius 3 is 2.47 bits per heavy atom. The maximum Gasteiger partial charge on any atom is 0.202 e. The van der Waals surface area contributed by atoms with Crippen LogP contribution in [0.15, 0.2) is 62.9 Å². The lowest BCUT2D eigenvalue weighted by atomic mass is 10.0. The highest BCUT2D eigenvalue weighted by Gasteiger charge is 2.22. The van der Waals surface area contributed by atoms with Crippen LogP contribution in [0, 0.1) is 17.2 Å². The molecule has 1 aromatic rings. The summed E-state index contributed by atoms with van der Waals surface area (Å²) in [6.45, 7) is 5.12. The van der Waals surface area contributed by atoms with Crippen LogP contribution in [0.5, 0.6) is 0 Å². The summed E-state index contributed by atoms with van der Waals surface area (Å²) in [6, 6.07) is 16.9. The maximum absolute atomic E-state index is 8.49. The number of nitrogens with one attached hydrogen (secondary N) is 1. The van der Waals surface area contributed by atoms with E-state index in [9.17, 15) is 0 Å². The van der Waals surface area contributed by atoms with E-state index in [1.807, 2.05) is 0 Å². The van der Waals surface area contributed by atoms with E-state index in [1.165, 1.54) is 21.2 Å². The Bertz CT molecular complexity index is 1100. The Morgan fingerprint density at radius 2 is 1.80 bits per heavy atom. The molecular formula is C21H21ClN2O5S. The number of fused-ring (bicyclic) bond motifs is 2. The number of benzene rings is 2. The van der Waals surface area contributed by atoms with Gasteiger partial charge in [0, 0.05) is 29.6 Å². The molecule has 0 unspecified atom stereocenters. The third-order valence-electron chi connectivity index (χ3n) is 4.41. The van der Waals surface area contributed by atoms with Gasteiger partial charge in [-0.15, -0.1) is 10.2 Å². The Balaban J connectivity index is 0.000000461. The lowest BCUT2D eigenvalue weighted by Gasteiger charge is -2.17. The predicted molar refractivity (Wildman–Crippen MR) is 103 cm³/mol. The van der Waals surface area contributed by atoms with E-state index >= 15 is 0 Å². The monoisotopic (exact) mass is 448 g/mol. The van der Waals surface area contributed by atoms with Gasteiger partial charge in [-0.05, 0) is 43.7 Å². The Kier molecular flexibility index (Phi) is 6.87. The van der Waals surface area contributed by atoms with Crippen molar-refractivity contribution >= 4 is 23.5 Å². The van der Waals surface area contributed by atoms with Crippen LogP contribution in [-0.2, 0) is 0 Å². The number of aryl methyl sites for hydroxylation is 1. The Morgan fingerprint density at radius 1 is 1.10 bits per heavy atom. The molecule has 158 valence electrons. The summed E-state index contributed by atoms with van der Waals surface area (Å²) in [4.78, 5) is 6.84. The molecule has 0 fully saturated rings. The summed E-state index contributed by atoms with van der Waals surface area (Å²) in [7, 11) is -2.85. The molecule has 1 N–H and O–H groups in total. The summed E-state index contributed by atoms with van der Waals surface area (Å²) in [5.41, 5.74) is 3.62. The quantitative estimate of drug-likeness (QED) is 0.505. The first-order chi connectivity index (χ1) is 14.2. The zero-order valence-electron chi connectivity index (χ0n) is 16.7. The zero-order valence-corrected chi connectivity index (χ0v) is 18.3. The molecule has 2 aliphatic heterocycles. The lowest BCUT2D eigenvalue weighted by molar-refractivity contribution is -2.00. The molecule has 0 spiro atoms. The molecule has 30 heavy (non-hydrogen) atoms. The smallest absolute Gasteiger partial charge is 0.202 e.